The lowest BCUT2D eigenvalue weighted by Crippen LogP contribution is -2.54. The highest BCUT2D eigenvalue weighted by atomic mass is 19.3. The molecule has 38 heavy (non-hydrogen) atoms. The smallest absolute Gasteiger partial charge is 0.407 e. The number of alkyl halides is 2. The summed E-state index contributed by atoms with van der Waals surface area (Å²) in [5, 5.41) is 11.6. The second-order valence-electron chi connectivity index (χ2n) is 10.5. The molecular weight excluding hydrogens is 502 g/mol. The predicted octanol–water partition coefficient (Wildman–Crippen LogP) is 3.26. The molecule has 3 rings (SSSR count). The van der Waals surface area contributed by atoms with Gasteiger partial charge in [-0.05, 0) is 71.6 Å². The van der Waals surface area contributed by atoms with Gasteiger partial charge in [-0.3, -0.25) is 14.4 Å². The van der Waals surface area contributed by atoms with E-state index in [2.05, 4.69) is 5.32 Å². The van der Waals surface area contributed by atoms with Gasteiger partial charge in [0.1, 0.15) is 5.75 Å². The molecule has 0 spiro atoms. The van der Waals surface area contributed by atoms with Gasteiger partial charge in [0, 0.05) is 37.8 Å². The monoisotopic (exact) mass is 538 g/mol. The number of benzene rings is 1. The zero-order valence-corrected chi connectivity index (χ0v) is 22.4. The van der Waals surface area contributed by atoms with E-state index in [-0.39, 0.29) is 50.0 Å². The Morgan fingerprint density at radius 1 is 1.26 bits per heavy atom. The second-order valence-corrected chi connectivity index (χ2v) is 10.5. The van der Waals surface area contributed by atoms with Crippen molar-refractivity contribution in [1.29, 1.82) is 0 Å². The van der Waals surface area contributed by atoms with Crippen LogP contribution in [-0.2, 0) is 9.59 Å². The molecule has 4 amide bonds. The predicted molar refractivity (Wildman–Crippen MR) is 136 cm³/mol. The maximum atomic E-state index is 13.9. The van der Waals surface area contributed by atoms with E-state index in [1.165, 1.54) is 9.80 Å². The van der Waals surface area contributed by atoms with Crippen molar-refractivity contribution >= 4 is 29.5 Å². The summed E-state index contributed by atoms with van der Waals surface area (Å²) < 4.78 is 30.9. The maximum absolute atomic E-state index is 13.9. The highest BCUT2D eigenvalue weighted by molar-refractivity contribution is 6.05. The molecule has 210 valence electrons. The molecule has 1 fully saturated rings. The maximum Gasteiger partial charge on any atom is 0.407 e. The van der Waals surface area contributed by atoms with Gasteiger partial charge in [0.15, 0.2) is 5.60 Å². The quantitative estimate of drug-likeness (QED) is 0.491. The normalized spacial score (nSPS) is 18.8. The number of hydrogen-bond acceptors (Lipinski definition) is 5. The third kappa shape index (κ3) is 6.16. The molecule has 0 radical (unpaired) electrons. The van der Waals surface area contributed by atoms with Gasteiger partial charge < -0.3 is 29.9 Å². The highest BCUT2D eigenvalue weighted by Crippen LogP contribution is 2.40. The van der Waals surface area contributed by atoms with Gasteiger partial charge in [-0.1, -0.05) is 0 Å². The Hall–Kier alpha value is -3.44. The minimum Gasteiger partial charge on any atom is -0.476 e. The molecule has 0 aromatic heterocycles. The summed E-state index contributed by atoms with van der Waals surface area (Å²) in [7, 11) is 0. The number of amides is 4. The number of hydrogen-bond donors (Lipinski definition) is 2. The zero-order chi connectivity index (χ0) is 28.4. The fourth-order valence-corrected chi connectivity index (χ4v) is 5.01. The van der Waals surface area contributed by atoms with Crippen molar-refractivity contribution in [3.8, 4) is 5.75 Å². The number of aryl methyl sites for hydroxylation is 1. The molecule has 0 bridgehead atoms. The summed E-state index contributed by atoms with van der Waals surface area (Å²) in [4.78, 5) is 54.3. The molecular formula is C26H36F2N4O6. The number of ether oxygens (including phenoxy) is 1. The van der Waals surface area contributed by atoms with Crippen molar-refractivity contribution in [3.63, 3.8) is 0 Å². The van der Waals surface area contributed by atoms with Crippen molar-refractivity contribution < 1.29 is 37.8 Å². The van der Waals surface area contributed by atoms with Crippen LogP contribution in [0.1, 0.15) is 62.9 Å². The van der Waals surface area contributed by atoms with Crippen molar-refractivity contribution in [2.45, 2.75) is 78.0 Å². The molecule has 2 aliphatic heterocycles. The highest BCUT2D eigenvalue weighted by Gasteiger charge is 2.42. The molecule has 2 heterocycles. The Balaban J connectivity index is 1.91. The fourth-order valence-electron chi connectivity index (χ4n) is 5.01. The second kappa shape index (κ2) is 11.5. The summed E-state index contributed by atoms with van der Waals surface area (Å²) >= 11 is 0. The van der Waals surface area contributed by atoms with Crippen molar-refractivity contribution in [2.24, 2.45) is 0 Å². The standard InChI is InChI=1S/C26H36F2N4O6/c1-15(2)32(17-8-6-10-30(14-17)25(36)37)23(34)18-13-19-20(12-16(18)3)38-26(4,5)24(35)31(19)11-7-9-29-22(33)21(27)28/h12-13,15,17,21H,6-11,14H2,1-5H3,(H,29,33)(H,36,37)/t17-/m1/s1. The molecule has 1 atom stereocenters. The molecule has 1 aromatic rings. The lowest BCUT2D eigenvalue weighted by molar-refractivity contribution is -0.132. The van der Waals surface area contributed by atoms with Gasteiger partial charge in [0.2, 0.25) is 0 Å². The van der Waals surface area contributed by atoms with Crippen LogP contribution in [0.4, 0.5) is 19.3 Å². The average molecular weight is 539 g/mol. The van der Waals surface area contributed by atoms with Crippen LogP contribution >= 0.6 is 0 Å². The minimum absolute atomic E-state index is 0.0515. The number of rotatable bonds is 8. The summed E-state index contributed by atoms with van der Waals surface area (Å²) in [6.45, 7) is 9.47. The Kier molecular flexibility index (Phi) is 8.83. The van der Waals surface area contributed by atoms with E-state index in [1.807, 2.05) is 13.8 Å². The van der Waals surface area contributed by atoms with E-state index >= 15 is 0 Å². The summed E-state index contributed by atoms with van der Waals surface area (Å²) in [6.07, 6.45) is -2.61. The number of nitrogens with one attached hydrogen (secondary N) is 1. The van der Waals surface area contributed by atoms with Gasteiger partial charge in [0.25, 0.3) is 17.7 Å². The van der Waals surface area contributed by atoms with Crippen LogP contribution in [0.15, 0.2) is 12.1 Å². The number of carbonyl (C=O) groups excluding carboxylic acids is 3. The van der Waals surface area contributed by atoms with Crippen LogP contribution in [0.2, 0.25) is 0 Å². The van der Waals surface area contributed by atoms with Crippen LogP contribution < -0.4 is 15.0 Å². The topological polar surface area (TPSA) is 119 Å². The molecule has 0 aliphatic carbocycles. The molecule has 2 N–H and O–H groups in total. The van der Waals surface area contributed by atoms with Crippen LogP contribution in [0, 0.1) is 6.92 Å². The van der Waals surface area contributed by atoms with E-state index in [4.69, 9.17) is 4.74 Å². The number of likely N-dealkylation sites (tertiary alicyclic amines) is 1. The third-order valence-electron chi connectivity index (χ3n) is 6.86. The van der Waals surface area contributed by atoms with E-state index in [0.29, 0.717) is 42.0 Å². The first-order valence-electron chi connectivity index (χ1n) is 12.8. The largest absolute Gasteiger partial charge is 0.476 e. The van der Waals surface area contributed by atoms with Gasteiger partial charge in [-0.2, -0.15) is 8.78 Å². The minimum atomic E-state index is -3.12. The Labute approximate surface area is 220 Å². The van der Waals surface area contributed by atoms with Crippen molar-refractivity contribution in [3.05, 3.63) is 23.3 Å². The molecule has 2 aliphatic rings. The zero-order valence-electron chi connectivity index (χ0n) is 22.4. The number of carboxylic acid groups (broad SMARTS) is 1. The van der Waals surface area contributed by atoms with Crippen LogP contribution in [-0.4, -0.2) is 89.0 Å². The lowest BCUT2D eigenvalue weighted by atomic mass is 9.97. The number of anilines is 1. The molecule has 0 unspecified atom stereocenters. The fraction of sp³-hybridized carbons (Fsp3) is 0.615. The molecule has 12 heteroatoms. The number of nitrogens with zero attached hydrogens (tertiary/aromatic N) is 3. The average Bonchev–Trinajstić information content (AvgIpc) is 2.83. The van der Waals surface area contributed by atoms with E-state index in [1.54, 1.807) is 37.8 Å². The number of carbonyl (C=O) groups is 4. The summed E-state index contributed by atoms with van der Waals surface area (Å²) in [5.41, 5.74) is 0.184. The third-order valence-corrected chi connectivity index (χ3v) is 6.86. The summed E-state index contributed by atoms with van der Waals surface area (Å²) in [6, 6.07) is 2.80. The Morgan fingerprint density at radius 2 is 1.95 bits per heavy atom. The van der Waals surface area contributed by atoms with Crippen LogP contribution in [0.5, 0.6) is 5.75 Å². The first kappa shape index (κ1) is 29.1. The number of fused-ring (bicyclic) bond motifs is 1. The first-order valence-corrected chi connectivity index (χ1v) is 12.8. The Morgan fingerprint density at radius 3 is 2.55 bits per heavy atom. The first-order chi connectivity index (χ1) is 17.7. The van der Waals surface area contributed by atoms with Gasteiger partial charge >= 0.3 is 12.5 Å². The van der Waals surface area contributed by atoms with E-state index in [9.17, 15) is 33.1 Å². The van der Waals surface area contributed by atoms with Crippen molar-refractivity contribution in [1.82, 2.24) is 15.1 Å². The van der Waals surface area contributed by atoms with Crippen LogP contribution in [0.25, 0.3) is 0 Å². The molecule has 1 saturated heterocycles. The van der Waals surface area contributed by atoms with E-state index in [0.717, 1.165) is 0 Å². The molecule has 0 saturated carbocycles. The van der Waals surface area contributed by atoms with E-state index < -0.39 is 24.0 Å². The van der Waals surface area contributed by atoms with Crippen molar-refractivity contribution in [2.75, 3.05) is 31.1 Å². The van der Waals surface area contributed by atoms with Gasteiger partial charge in [-0.25, -0.2) is 4.79 Å². The lowest BCUT2D eigenvalue weighted by Gasteiger charge is -2.41. The van der Waals surface area contributed by atoms with Gasteiger partial charge in [0.05, 0.1) is 11.7 Å². The Bertz CT molecular complexity index is 1090. The molecule has 1 aromatic carbocycles. The molecule has 10 nitrogen and oxygen atoms in total. The SMILES string of the molecule is Cc1cc2c(cc1C(=O)N(C(C)C)[C@@H]1CCCN(C(=O)O)C1)N(CCCNC(=O)C(F)F)C(=O)C(C)(C)O2. The van der Waals surface area contributed by atoms with Gasteiger partial charge in [-0.15, -0.1) is 0 Å². The number of halogens is 2. The summed E-state index contributed by atoms with van der Waals surface area (Å²) in [5.74, 6) is -1.61. The van der Waals surface area contributed by atoms with Crippen LogP contribution in [0.3, 0.4) is 0 Å². The number of piperidine rings is 1.